The summed E-state index contributed by atoms with van der Waals surface area (Å²) in [5, 5.41) is 0. The van der Waals surface area contributed by atoms with Gasteiger partial charge >= 0.3 is 23.5 Å². The van der Waals surface area contributed by atoms with Crippen LogP contribution in [0.15, 0.2) is 121 Å². The average molecular weight is 618 g/mol. The van der Waals surface area contributed by atoms with Gasteiger partial charge in [0.05, 0.1) is 26.4 Å². The van der Waals surface area contributed by atoms with Crippen LogP contribution in [-0.4, -0.2) is 4.89 Å². The van der Waals surface area contributed by atoms with Crippen molar-refractivity contribution in [2.45, 2.75) is 26.4 Å². The summed E-state index contributed by atoms with van der Waals surface area (Å²) in [6, 6.07) is 34.4. The average Bonchev–Trinajstić information content (AvgIpc) is 2.99. The molecule has 0 fully saturated rings. The maximum Gasteiger partial charge on any atom is 0.492 e. The van der Waals surface area contributed by atoms with Crippen LogP contribution in [-0.2, 0) is 66.8 Å². The first-order valence-corrected chi connectivity index (χ1v) is 16.8. The van der Waals surface area contributed by atoms with Gasteiger partial charge < -0.3 is 4.89 Å². The molecule has 0 saturated carbocycles. The van der Waals surface area contributed by atoms with Gasteiger partial charge in [-0.3, -0.25) is 18.1 Å². The summed E-state index contributed by atoms with van der Waals surface area (Å²) in [7, 11) is -15.0. The SMILES string of the molecule is O=P(O)(OCc1ccccc1)OP(=O)(OCc1ccccc1)OP(=O)(OCc1ccccc1)OCc1ccccc1. The highest BCUT2D eigenvalue weighted by Crippen LogP contribution is 2.72. The molecule has 0 spiro atoms. The summed E-state index contributed by atoms with van der Waals surface area (Å²) in [5.41, 5.74) is 2.30. The van der Waals surface area contributed by atoms with Gasteiger partial charge in [-0.15, -0.1) is 0 Å². The lowest BCUT2D eigenvalue weighted by atomic mass is 10.2. The van der Waals surface area contributed by atoms with Gasteiger partial charge in [-0.05, 0) is 22.3 Å². The lowest BCUT2D eigenvalue weighted by Gasteiger charge is -2.24. The van der Waals surface area contributed by atoms with E-state index in [-0.39, 0.29) is 26.4 Å². The number of phosphoric acid groups is 3. The van der Waals surface area contributed by atoms with Crippen LogP contribution >= 0.6 is 23.5 Å². The molecule has 0 heterocycles. The molecule has 0 bridgehead atoms. The van der Waals surface area contributed by atoms with Crippen LogP contribution in [0.25, 0.3) is 0 Å². The molecule has 0 aliphatic rings. The molecule has 0 saturated heterocycles. The van der Waals surface area contributed by atoms with Crippen LogP contribution in [0.3, 0.4) is 0 Å². The van der Waals surface area contributed by atoms with Crippen LogP contribution in [0.5, 0.6) is 0 Å². The van der Waals surface area contributed by atoms with Gasteiger partial charge in [-0.1, -0.05) is 121 Å². The smallest absolute Gasteiger partial charge is 0.302 e. The summed E-state index contributed by atoms with van der Waals surface area (Å²) < 4.78 is 72.2. The standard InChI is InChI=1S/C28H29O10P3/c29-39(30,33-21-25-13-5-1-6-14-25)37-41(32,36-24-28-19-11-4-12-20-28)38-40(31,34-22-26-15-7-2-8-16-26)35-23-27-17-9-3-10-18-27/h1-20H,21-24H2,(H,29,30). The number of benzene rings is 4. The third-order valence-corrected chi connectivity index (χ3v) is 10.4. The van der Waals surface area contributed by atoms with Gasteiger partial charge in [-0.25, -0.2) is 13.7 Å². The Labute approximate surface area is 238 Å². The predicted molar refractivity (Wildman–Crippen MR) is 152 cm³/mol. The Balaban J connectivity index is 1.56. The largest absolute Gasteiger partial charge is 0.492 e. The molecule has 0 aromatic heterocycles. The first-order chi connectivity index (χ1) is 19.7. The van der Waals surface area contributed by atoms with Crippen molar-refractivity contribution in [3.05, 3.63) is 144 Å². The number of hydrogen-bond donors (Lipinski definition) is 1. The van der Waals surface area contributed by atoms with Crippen LogP contribution in [0, 0.1) is 0 Å². The van der Waals surface area contributed by atoms with E-state index in [0.717, 1.165) is 0 Å². The van der Waals surface area contributed by atoms with Gasteiger partial charge in [0.15, 0.2) is 0 Å². The fourth-order valence-corrected chi connectivity index (χ4v) is 7.96. The Bertz CT molecular complexity index is 1440. The lowest BCUT2D eigenvalue weighted by molar-refractivity contribution is 0.108. The zero-order valence-corrected chi connectivity index (χ0v) is 24.5. The van der Waals surface area contributed by atoms with Crippen LogP contribution in [0.2, 0.25) is 0 Å². The molecule has 0 amide bonds. The maximum atomic E-state index is 13.8. The fraction of sp³-hybridized carbons (Fsp3) is 0.143. The predicted octanol–water partition coefficient (Wildman–Crippen LogP) is 8.20. The molecule has 2 atom stereocenters. The van der Waals surface area contributed by atoms with Crippen molar-refractivity contribution in [1.29, 1.82) is 0 Å². The minimum Gasteiger partial charge on any atom is -0.302 e. The second kappa shape index (κ2) is 15.0. The van der Waals surface area contributed by atoms with E-state index in [1.54, 1.807) is 121 Å². The Morgan fingerprint density at radius 1 is 0.415 bits per heavy atom. The van der Waals surface area contributed by atoms with Gasteiger partial charge in [0.1, 0.15) is 0 Å². The molecular weight excluding hydrogens is 589 g/mol. The normalized spacial score (nSPS) is 14.7. The third kappa shape index (κ3) is 10.9. The van der Waals surface area contributed by atoms with E-state index in [9.17, 15) is 18.6 Å². The minimum absolute atomic E-state index is 0.257. The number of hydrogen-bond acceptors (Lipinski definition) is 9. The van der Waals surface area contributed by atoms with Gasteiger partial charge in [0, 0.05) is 0 Å². The first-order valence-electron chi connectivity index (χ1n) is 12.4. The van der Waals surface area contributed by atoms with E-state index < -0.39 is 23.5 Å². The number of rotatable bonds is 16. The van der Waals surface area contributed by atoms with E-state index in [1.165, 1.54) is 0 Å². The quantitative estimate of drug-likeness (QED) is 0.123. The van der Waals surface area contributed by atoms with E-state index in [4.69, 9.17) is 26.7 Å². The fourth-order valence-electron chi connectivity index (χ4n) is 3.33. The van der Waals surface area contributed by atoms with Gasteiger partial charge in [-0.2, -0.15) is 8.62 Å². The molecule has 13 heteroatoms. The van der Waals surface area contributed by atoms with Crippen molar-refractivity contribution in [2.24, 2.45) is 0 Å². The molecule has 0 aliphatic heterocycles. The topological polar surface area (TPSA) is 127 Å². The Kier molecular flexibility index (Phi) is 11.4. The van der Waals surface area contributed by atoms with Crippen molar-refractivity contribution >= 4 is 23.5 Å². The molecule has 4 aromatic carbocycles. The van der Waals surface area contributed by atoms with Gasteiger partial charge in [0.2, 0.25) is 0 Å². The molecule has 4 rings (SSSR count). The highest BCUT2D eigenvalue weighted by Gasteiger charge is 2.46. The van der Waals surface area contributed by atoms with E-state index in [2.05, 4.69) is 0 Å². The Morgan fingerprint density at radius 2 is 0.707 bits per heavy atom. The summed E-state index contributed by atoms with van der Waals surface area (Å²) in [5.74, 6) is 0. The Hall–Kier alpha value is -2.71. The van der Waals surface area contributed by atoms with E-state index in [1.807, 2.05) is 0 Å². The first kappa shape index (κ1) is 31.2. The molecule has 1 N–H and O–H groups in total. The van der Waals surface area contributed by atoms with Crippen LogP contribution < -0.4 is 0 Å². The second-order valence-electron chi connectivity index (χ2n) is 8.56. The number of phosphoric ester groups is 2. The highest BCUT2D eigenvalue weighted by atomic mass is 31.3. The lowest BCUT2D eigenvalue weighted by Crippen LogP contribution is -2.05. The van der Waals surface area contributed by atoms with Gasteiger partial charge in [0.25, 0.3) is 0 Å². The minimum atomic E-state index is -5.14. The molecular formula is C28H29O10P3. The summed E-state index contributed by atoms with van der Waals surface area (Å²) in [4.78, 5) is 10.4. The van der Waals surface area contributed by atoms with Crippen LogP contribution in [0.1, 0.15) is 22.3 Å². The van der Waals surface area contributed by atoms with E-state index >= 15 is 0 Å². The highest BCUT2D eigenvalue weighted by molar-refractivity contribution is 7.67. The molecule has 216 valence electrons. The molecule has 4 aromatic rings. The van der Waals surface area contributed by atoms with Crippen molar-refractivity contribution < 1.29 is 45.3 Å². The Morgan fingerprint density at radius 3 is 1.05 bits per heavy atom. The summed E-state index contributed by atoms with van der Waals surface area (Å²) in [6.07, 6.45) is 0. The van der Waals surface area contributed by atoms with Crippen molar-refractivity contribution in [1.82, 2.24) is 0 Å². The molecule has 0 aliphatic carbocycles. The zero-order chi connectivity index (χ0) is 29.0. The van der Waals surface area contributed by atoms with Crippen molar-refractivity contribution in [2.75, 3.05) is 0 Å². The summed E-state index contributed by atoms with van der Waals surface area (Å²) in [6.45, 7) is -1.24. The van der Waals surface area contributed by atoms with Crippen molar-refractivity contribution in [3.8, 4) is 0 Å². The maximum absolute atomic E-state index is 13.8. The van der Waals surface area contributed by atoms with E-state index in [0.29, 0.717) is 22.3 Å². The molecule has 2 unspecified atom stereocenters. The summed E-state index contributed by atoms with van der Waals surface area (Å²) >= 11 is 0. The third-order valence-electron chi connectivity index (χ3n) is 5.34. The van der Waals surface area contributed by atoms with Crippen LogP contribution in [0.4, 0.5) is 0 Å². The monoisotopic (exact) mass is 618 g/mol. The molecule has 41 heavy (non-hydrogen) atoms. The second-order valence-corrected chi connectivity index (χ2v) is 13.6. The molecule has 10 nitrogen and oxygen atoms in total. The van der Waals surface area contributed by atoms with Crippen molar-refractivity contribution in [3.63, 3.8) is 0 Å². The zero-order valence-electron chi connectivity index (χ0n) is 21.8. The molecule has 0 radical (unpaired) electrons.